The number of oxazole rings is 1. The molecule has 0 atom stereocenters. The van der Waals surface area contributed by atoms with E-state index in [0.717, 1.165) is 32.1 Å². The average Bonchev–Trinajstić information content (AvgIpc) is 3.09. The summed E-state index contributed by atoms with van der Waals surface area (Å²) in [5.74, 6) is 0.583. The number of aromatic nitrogens is 2. The molecular weight excluding hydrogens is 376 g/mol. The van der Waals surface area contributed by atoms with Gasteiger partial charge in [-0.2, -0.15) is 0 Å². The standard InChI is InChI=1S/C18H10BrClN2O/c19-14-4-5-16-13(9-14)10-15(17(20)22-16)11-2-1-3-12(8-11)18-21-6-7-23-18/h1-10H. The highest BCUT2D eigenvalue weighted by Crippen LogP contribution is 2.32. The van der Waals surface area contributed by atoms with Crippen LogP contribution >= 0.6 is 27.5 Å². The van der Waals surface area contributed by atoms with Crippen LogP contribution in [0.3, 0.4) is 0 Å². The lowest BCUT2D eigenvalue weighted by molar-refractivity contribution is 0.574. The minimum absolute atomic E-state index is 0.476. The molecule has 0 saturated heterocycles. The largest absolute Gasteiger partial charge is 0.445 e. The van der Waals surface area contributed by atoms with Crippen molar-refractivity contribution < 1.29 is 4.42 Å². The Hall–Kier alpha value is -2.17. The van der Waals surface area contributed by atoms with Gasteiger partial charge in [0, 0.05) is 21.0 Å². The number of halogens is 2. The number of benzene rings is 2. The van der Waals surface area contributed by atoms with Gasteiger partial charge in [-0.05, 0) is 42.0 Å². The highest BCUT2D eigenvalue weighted by atomic mass is 79.9. The van der Waals surface area contributed by atoms with Crippen molar-refractivity contribution in [3.8, 4) is 22.6 Å². The number of hydrogen-bond acceptors (Lipinski definition) is 3. The van der Waals surface area contributed by atoms with E-state index in [2.05, 4.69) is 25.9 Å². The number of pyridine rings is 1. The quantitative estimate of drug-likeness (QED) is 0.399. The predicted molar refractivity (Wildman–Crippen MR) is 95.4 cm³/mol. The first-order valence-corrected chi connectivity index (χ1v) is 8.14. The van der Waals surface area contributed by atoms with Gasteiger partial charge in [0.2, 0.25) is 5.89 Å². The maximum atomic E-state index is 6.39. The van der Waals surface area contributed by atoms with Gasteiger partial charge in [-0.15, -0.1) is 0 Å². The molecule has 5 heteroatoms. The molecule has 4 rings (SSSR count). The third-order valence-corrected chi connectivity index (χ3v) is 4.36. The van der Waals surface area contributed by atoms with Crippen LogP contribution in [0.5, 0.6) is 0 Å². The predicted octanol–water partition coefficient (Wildman–Crippen LogP) is 5.97. The molecule has 0 bridgehead atoms. The summed E-state index contributed by atoms with van der Waals surface area (Å²) < 4.78 is 6.37. The van der Waals surface area contributed by atoms with Crippen molar-refractivity contribution >= 4 is 38.4 Å². The normalized spacial score (nSPS) is 11.0. The minimum Gasteiger partial charge on any atom is -0.445 e. The van der Waals surface area contributed by atoms with E-state index in [4.69, 9.17) is 16.0 Å². The molecule has 0 fully saturated rings. The first-order valence-electron chi connectivity index (χ1n) is 6.97. The minimum atomic E-state index is 0.476. The zero-order chi connectivity index (χ0) is 15.8. The Kier molecular flexibility index (Phi) is 3.63. The van der Waals surface area contributed by atoms with Gasteiger partial charge in [0.15, 0.2) is 0 Å². The lowest BCUT2D eigenvalue weighted by Crippen LogP contribution is -1.87. The summed E-state index contributed by atoms with van der Waals surface area (Å²) in [4.78, 5) is 8.67. The molecule has 0 amide bonds. The third kappa shape index (κ3) is 2.76. The Morgan fingerprint density at radius 1 is 1.00 bits per heavy atom. The fourth-order valence-corrected chi connectivity index (χ4v) is 3.15. The second-order valence-corrected chi connectivity index (χ2v) is 6.36. The fraction of sp³-hybridized carbons (Fsp3) is 0. The molecule has 2 aromatic heterocycles. The molecule has 112 valence electrons. The second-order valence-electron chi connectivity index (χ2n) is 5.08. The molecule has 4 aromatic rings. The van der Waals surface area contributed by atoms with Crippen molar-refractivity contribution in [1.82, 2.24) is 9.97 Å². The van der Waals surface area contributed by atoms with Gasteiger partial charge in [0.05, 0.1) is 11.7 Å². The summed E-state index contributed by atoms with van der Waals surface area (Å²) in [5.41, 5.74) is 3.62. The van der Waals surface area contributed by atoms with Gasteiger partial charge < -0.3 is 4.42 Å². The highest BCUT2D eigenvalue weighted by Gasteiger charge is 2.10. The van der Waals surface area contributed by atoms with Gasteiger partial charge in [-0.1, -0.05) is 39.7 Å². The SMILES string of the molecule is Clc1nc2ccc(Br)cc2cc1-c1cccc(-c2ncco2)c1. The summed E-state index contributed by atoms with van der Waals surface area (Å²) in [6, 6.07) is 15.9. The zero-order valence-electron chi connectivity index (χ0n) is 11.8. The summed E-state index contributed by atoms with van der Waals surface area (Å²) in [7, 11) is 0. The Bertz CT molecular complexity index is 999. The van der Waals surface area contributed by atoms with E-state index in [1.807, 2.05) is 48.5 Å². The first kappa shape index (κ1) is 14.4. The Balaban J connectivity index is 1.88. The summed E-state index contributed by atoms with van der Waals surface area (Å²) >= 11 is 9.88. The number of fused-ring (bicyclic) bond motifs is 1. The molecule has 0 aliphatic rings. The van der Waals surface area contributed by atoms with Crippen molar-refractivity contribution in [2.45, 2.75) is 0 Å². The maximum Gasteiger partial charge on any atom is 0.225 e. The molecule has 2 aromatic carbocycles. The van der Waals surface area contributed by atoms with Crippen LogP contribution in [0.2, 0.25) is 5.15 Å². The topological polar surface area (TPSA) is 38.9 Å². The molecule has 3 nitrogen and oxygen atoms in total. The third-order valence-electron chi connectivity index (χ3n) is 3.58. The van der Waals surface area contributed by atoms with Crippen molar-refractivity contribution in [3.63, 3.8) is 0 Å². The van der Waals surface area contributed by atoms with E-state index in [-0.39, 0.29) is 0 Å². The van der Waals surface area contributed by atoms with Gasteiger partial charge in [-0.25, -0.2) is 9.97 Å². The smallest absolute Gasteiger partial charge is 0.225 e. The van der Waals surface area contributed by atoms with Crippen molar-refractivity contribution in [3.05, 3.63) is 70.6 Å². The summed E-state index contributed by atoms with van der Waals surface area (Å²) in [5, 5.41) is 1.50. The van der Waals surface area contributed by atoms with Crippen LogP contribution in [-0.4, -0.2) is 9.97 Å². The van der Waals surface area contributed by atoms with Gasteiger partial charge in [0.25, 0.3) is 0 Å². The van der Waals surface area contributed by atoms with Crippen LogP contribution < -0.4 is 0 Å². The number of hydrogen-bond donors (Lipinski definition) is 0. The average molecular weight is 386 g/mol. The first-order chi connectivity index (χ1) is 11.2. The van der Waals surface area contributed by atoms with Crippen LogP contribution in [-0.2, 0) is 0 Å². The lowest BCUT2D eigenvalue weighted by atomic mass is 10.0. The van der Waals surface area contributed by atoms with Crippen LogP contribution in [0.25, 0.3) is 33.5 Å². The molecule has 2 heterocycles. The van der Waals surface area contributed by atoms with Crippen molar-refractivity contribution in [1.29, 1.82) is 0 Å². The van der Waals surface area contributed by atoms with Crippen LogP contribution in [0.4, 0.5) is 0 Å². The second kappa shape index (κ2) is 5.80. The summed E-state index contributed by atoms with van der Waals surface area (Å²) in [6.45, 7) is 0. The molecular formula is C18H10BrClN2O. The molecule has 0 unspecified atom stereocenters. The number of nitrogens with zero attached hydrogens (tertiary/aromatic N) is 2. The highest BCUT2D eigenvalue weighted by molar-refractivity contribution is 9.10. The van der Waals surface area contributed by atoms with Crippen LogP contribution in [0.15, 0.2) is 69.9 Å². The van der Waals surface area contributed by atoms with E-state index in [1.54, 1.807) is 12.5 Å². The zero-order valence-corrected chi connectivity index (χ0v) is 14.2. The van der Waals surface area contributed by atoms with E-state index in [9.17, 15) is 0 Å². The van der Waals surface area contributed by atoms with Crippen molar-refractivity contribution in [2.75, 3.05) is 0 Å². The van der Waals surface area contributed by atoms with Gasteiger partial charge in [0.1, 0.15) is 11.4 Å². The summed E-state index contributed by atoms with van der Waals surface area (Å²) in [6.07, 6.45) is 3.19. The van der Waals surface area contributed by atoms with Crippen LogP contribution in [0, 0.1) is 0 Å². The molecule has 23 heavy (non-hydrogen) atoms. The van der Waals surface area contributed by atoms with E-state index in [0.29, 0.717) is 11.0 Å². The fourth-order valence-electron chi connectivity index (χ4n) is 2.51. The Morgan fingerprint density at radius 2 is 1.87 bits per heavy atom. The van der Waals surface area contributed by atoms with E-state index < -0.39 is 0 Å². The van der Waals surface area contributed by atoms with E-state index in [1.165, 1.54) is 0 Å². The Morgan fingerprint density at radius 3 is 2.70 bits per heavy atom. The molecule has 0 spiro atoms. The Labute approximate surface area is 146 Å². The molecule has 0 saturated carbocycles. The maximum absolute atomic E-state index is 6.39. The molecule has 0 radical (unpaired) electrons. The van der Waals surface area contributed by atoms with Gasteiger partial charge in [-0.3, -0.25) is 0 Å². The van der Waals surface area contributed by atoms with Crippen LogP contribution in [0.1, 0.15) is 0 Å². The molecule has 0 N–H and O–H groups in total. The van der Waals surface area contributed by atoms with Gasteiger partial charge >= 0.3 is 0 Å². The lowest BCUT2D eigenvalue weighted by Gasteiger charge is -2.08. The monoisotopic (exact) mass is 384 g/mol. The number of rotatable bonds is 2. The molecule has 0 aliphatic carbocycles. The van der Waals surface area contributed by atoms with E-state index >= 15 is 0 Å². The molecule has 0 aliphatic heterocycles. The van der Waals surface area contributed by atoms with Crippen molar-refractivity contribution in [2.24, 2.45) is 0 Å².